The zero-order chi connectivity index (χ0) is 15.6. The fourth-order valence-corrected chi connectivity index (χ4v) is 1.85. The molecule has 0 radical (unpaired) electrons. The standard InChI is InChI=1S/C13H15ClF3NO2/c1-12(2,7-20-3)18-11(19)9-6-8(13(15,16)17)4-5-10(9)14/h4-6H,7H2,1-3H3,(H,18,19). The number of ether oxygens (including phenoxy) is 1. The van der Waals surface area contributed by atoms with Crippen LogP contribution < -0.4 is 5.32 Å². The molecule has 1 amide bonds. The Balaban J connectivity index is 3.04. The summed E-state index contributed by atoms with van der Waals surface area (Å²) in [4.78, 5) is 12.0. The van der Waals surface area contributed by atoms with Gasteiger partial charge in [-0.25, -0.2) is 0 Å². The van der Waals surface area contributed by atoms with Crippen LogP contribution in [0.2, 0.25) is 5.02 Å². The molecule has 20 heavy (non-hydrogen) atoms. The molecule has 3 nitrogen and oxygen atoms in total. The van der Waals surface area contributed by atoms with Gasteiger partial charge in [0.05, 0.1) is 28.3 Å². The van der Waals surface area contributed by atoms with Crippen molar-refractivity contribution in [3.05, 3.63) is 34.3 Å². The topological polar surface area (TPSA) is 38.3 Å². The second-order valence-corrected chi connectivity index (χ2v) is 5.37. The van der Waals surface area contributed by atoms with Crippen LogP contribution in [0.4, 0.5) is 13.2 Å². The number of nitrogens with one attached hydrogen (secondary N) is 1. The van der Waals surface area contributed by atoms with E-state index in [-0.39, 0.29) is 17.2 Å². The number of halogens is 4. The Kier molecular flexibility index (Phi) is 5.05. The number of hydrogen-bond acceptors (Lipinski definition) is 2. The van der Waals surface area contributed by atoms with Crippen LogP contribution in [0.15, 0.2) is 18.2 Å². The van der Waals surface area contributed by atoms with Crippen LogP contribution >= 0.6 is 11.6 Å². The molecule has 1 aromatic rings. The van der Waals surface area contributed by atoms with Crippen molar-refractivity contribution in [1.82, 2.24) is 5.32 Å². The normalized spacial score (nSPS) is 12.3. The lowest BCUT2D eigenvalue weighted by molar-refractivity contribution is -0.137. The third-order valence-corrected chi connectivity index (χ3v) is 2.83. The summed E-state index contributed by atoms with van der Waals surface area (Å²) in [7, 11) is 1.46. The van der Waals surface area contributed by atoms with Gasteiger partial charge in [0.2, 0.25) is 0 Å². The van der Waals surface area contributed by atoms with E-state index in [9.17, 15) is 18.0 Å². The number of rotatable bonds is 4. The first-order chi connectivity index (χ1) is 9.07. The molecular formula is C13H15ClF3NO2. The molecule has 0 atom stereocenters. The van der Waals surface area contributed by atoms with Gasteiger partial charge < -0.3 is 10.1 Å². The molecule has 1 rings (SSSR count). The van der Waals surface area contributed by atoms with E-state index < -0.39 is 23.2 Å². The van der Waals surface area contributed by atoms with Gasteiger partial charge in [0.1, 0.15) is 0 Å². The van der Waals surface area contributed by atoms with Crippen LogP contribution in [-0.2, 0) is 10.9 Å². The fourth-order valence-electron chi connectivity index (χ4n) is 1.65. The lowest BCUT2D eigenvalue weighted by Gasteiger charge is -2.25. The van der Waals surface area contributed by atoms with Crippen molar-refractivity contribution in [3.63, 3.8) is 0 Å². The van der Waals surface area contributed by atoms with Gasteiger partial charge in [0, 0.05) is 7.11 Å². The number of methoxy groups -OCH3 is 1. The van der Waals surface area contributed by atoms with Crippen LogP contribution in [0.5, 0.6) is 0 Å². The number of hydrogen-bond donors (Lipinski definition) is 1. The highest BCUT2D eigenvalue weighted by atomic mass is 35.5. The molecule has 0 aliphatic rings. The van der Waals surface area contributed by atoms with E-state index in [0.717, 1.165) is 18.2 Å². The van der Waals surface area contributed by atoms with Crippen LogP contribution in [0.25, 0.3) is 0 Å². The minimum absolute atomic E-state index is 0.0382. The Bertz CT molecular complexity index is 501. The van der Waals surface area contributed by atoms with E-state index >= 15 is 0 Å². The van der Waals surface area contributed by atoms with Crippen molar-refractivity contribution in [3.8, 4) is 0 Å². The second-order valence-electron chi connectivity index (χ2n) is 4.96. The quantitative estimate of drug-likeness (QED) is 0.924. The molecule has 0 fully saturated rings. The Morgan fingerprint density at radius 2 is 1.95 bits per heavy atom. The lowest BCUT2D eigenvalue weighted by atomic mass is 10.0. The molecule has 0 aliphatic heterocycles. The van der Waals surface area contributed by atoms with E-state index in [0.29, 0.717) is 0 Å². The SMILES string of the molecule is COCC(C)(C)NC(=O)c1cc(C(F)(F)F)ccc1Cl. The van der Waals surface area contributed by atoms with Crippen LogP contribution in [0, 0.1) is 0 Å². The van der Waals surface area contributed by atoms with Gasteiger partial charge in [0.25, 0.3) is 5.91 Å². The molecule has 1 N–H and O–H groups in total. The van der Waals surface area contributed by atoms with E-state index in [4.69, 9.17) is 16.3 Å². The molecular weight excluding hydrogens is 295 g/mol. The molecule has 0 saturated heterocycles. The first-order valence-corrected chi connectivity index (χ1v) is 6.13. The molecule has 0 bridgehead atoms. The van der Waals surface area contributed by atoms with Crippen molar-refractivity contribution < 1.29 is 22.7 Å². The Morgan fingerprint density at radius 3 is 2.45 bits per heavy atom. The van der Waals surface area contributed by atoms with Crippen LogP contribution in [-0.4, -0.2) is 25.2 Å². The zero-order valence-electron chi connectivity index (χ0n) is 11.3. The van der Waals surface area contributed by atoms with Gasteiger partial charge in [-0.2, -0.15) is 13.2 Å². The summed E-state index contributed by atoms with van der Waals surface area (Å²) in [6.45, 7) is 3.60. The average molecular weight is 310 g/mol. The maximum atomic E-state index is 12.6. The van der Waals surface area contributed by atoms with Crippen LogP contribution in [0.1, 0.15) is 29.8 Å². The van der Waals surface area contributed by atoms with Crippen molar-refractivity contribution in [2.24, 2.45) is 0 Å². The third-order valence-electron chi connectivity index (χ3n) is 2.50. The zero-order valence-corrected chi connectivity index (χ0v) is 12.0. The lowest BCUT2D eigenvalue weighted by Crippen LogP contribution is -2.46. The van der Waals surface area contributed by atoms with Gasteiger partial charge in [-0.15, -0.1) is 0 Å². The Hall–Kier alpha value is -1.27. The molecule has 0 unspecified atom stereocenters. The Morgan fingerprint density at radius 1 is 1.35 bits per heavy atom. The summed E-state index contributed by atoms with van der Waals surface area (Å²) in [6, 6.07) is 2.63. The summed E-state index contributed by atoms with van der Waals surface area (Å²) in [5.41, 5.74) is -1.86. The minimum atomic E-state index is -4.53. The largest absolute Gasteiger partial charge is 0.416 e. The molecule has 7 heteroatoms. The van der Waals surface area contributed by atoms with Crippen molar-refractivity contribution in [2.45, 2.75) is 25.6 Å². The summed E-state index contributed by atoms with van der Waals surface area (Å²) in [5, 5.41) is 2.54. The number of carbonyl (C=O) groups excluding carboxylic acids is 1. The van der Waals surface area contributed by atoms with E-state index in [1.807, 2.05) is 0 Å². The number of carbonyl (C=O) groups is 1. The highest BCUT2D eigenvalue weighted by Gasteiger charge is 2.32. The van der Waals surface area contributed by atoms with Gasteiger partial charge in [-0.1, -0.05) is 11.6 Å². The van der Waals surface area contributed by atoms with E-state index in [2.05, 4.69) is 5.32 Å². The van der Waals surface area contributed by atoms with Crippen molar-refractivity contribution in [2.75, 3.05) is 13.7 Å². The monoisotopic (exact) mass is 309 g/mol. The number of alkyl halides is 3. The van der Waals surface area contributed by atoms with E-state index in [1.54, 1.807) is 13.8 Å². The molecule has 0 heterocycles. The van der Waals surface area contributed by atoms with Gasteiger partial charge in [0.15, 0.2) is 0 Å². The summed E-state index contributed by atoms with van der Waals surface area (Å²) in [6.07, 6.45) is -4.53. The smallest absolute Gasteiger partial charge is 0.382 e. The molecule has 0 aromatic heterocycles. The van der Waals surface area contributed by atoms with E-state index in [1.165, 1.54) is 7.11 Å². The highest BCUT2D eigenvalue weighted by molar-refractivity contribution is 6.33. The summed E-state index contributed by atoms with van der Waals surface area (Å²) < 4.78 is 42.8. The average Bonchev–Trinajstić information content (AvgIpc) is 2.26. The molecule has 0 saturated carbocycles. The van der Waals surface area contributed by atoms with Gasteiger partial charge >= 0.3 is 6.18 Å². The van der Waals surface area contributed by atoms with Crippen LogP contribution in [0.3, 0.4) is 0 Å². The maximum absolute atomic E-state index is 12.6. The number of amides is 1. The number of benzene rings is 1. The second kappa shape index (κ2) is 6.01. The predicted molar refractivity (Wildman–Crippen MR) is 69.9 cm³/mol. The summed E-state index contributed by atoms with van der Waals surface area (Å²) in [5.74, 6) is -0.678. The molecule has 0 spiro atoms. The first-order valence-electron chi connectivity index (χ1n) is 5.75. The van der Waals surface area contributed by atoms with Crippen molar-refractivity contribution >= 4 is 17.5 Å². The Labute approximate surface area is 120 Å². The summed E-state index contributed by atoms with van der Waals surface area (Å²) >= 11 is 5.79. The maximum Gasteiger partial charge on any atom is 0.416 e. The first kappa shape index (κ1) is 16.8. The van der Waals surface area contributed by atoms with Crippen molar-refractivity contribution in [1.29, 1.82) is 0 Å². The predicted octanol–water partition coefficient (Wildman–Crippen LogP) is 3.51. The molecule has 112 valence electrons. The molecule has 1 aromatic carbocycles. The minimum Gasteiger partial charge on any atom is -0.382 e. The fraction of sp³-hybridized carbons (Fsp3) is 0.462. The molecule has 0 aliphatic carbocycles. The van der Waals surface area contributed by atoms with Gasteiger partial charge in [-0.3, -0.25) is 4.79 Å². The highest BCUT2D eigenvalue weighted by Crippen LogP contribution is 2.31. The van der Waals surface area contributed by atoms with Gasteiger partial charge in [-0.05, 0) is 32.0 Å². The third kappa shape index (κ3) is 4.38.